The molecule has 0 atom stereocenters. The van der Waals surface area contributed by atoms with E-state index in [-0.39, 0.29) is 0 Å². The SMILES string of the molecule is NC(=Nc1ccc(-c2cnc(CNC3CCCCCC3)[nH]2)cc1)c1cccs1. The van der Waals surface area contributed by atoms with Gasteiger partial charge in [0, 0.05) is 6.04 Å². The molecule has 1 saturated carbocycles. The summed E-state index contributed by atoms with van der Waals surface area (Å²) in [6.07, 6.45) is 9.90. The van der Waals surface area contributed by atoms with Crippen LogP contribution in [0.2, 0.25) is 0 Å². The van der Waals surface area contributed by atoms with E-state index in [1.54, 1.807) is 11.3 Å². The van der Waals surface area contributed by atoms with E-state index in [2.05, 4.69) is 32.4 Å². The number of aliphatic imine (C=N–C) groups is 1. The molecule has 0 saturated heterocycles. The number of aromatic nitrogens is 2. The predicted octanol–water partition coefficient (Wildman–Crippen LogP) is 4.99. The van der Waals surface area contributed by atoms with Gasteiger partial charge in [0.2, 0.25) is 0 Å². The summed E-state index contributed by atoms with van der Waals surface area (Å²) in [6, 6.07) is 12.7. The highest BCUT2D eigenvalue weighted by Crippen LogP contribution is 2.22. The summed E-state index contributed by atoms with van der Waals surface area (Å²) in [4.78, 5) is 13.5. The van der Waals surface area contributed by atoms with E-state index in [9.17, 15) is 0 Å². The molecule has 28 heavy (non-hydrogen) atoms. The van der Waals surface area contributed by atoms with Crippen LogP contribution in [0.25, 0.3) is 11.3 Å². The van der Waals surface area contributed by atoms with Gasteiger partial charge in [0.25, 0.3) is 0 Å². The molecule has 6 heteroatoms. The number of benzene rings is 1. The van der Waals surface area contributed by atoms with Gasteiger partial charge in [-0.05, 0) is 42.0 Å². The zero-order valence-corrected chi connectivity index (χ0v) is 16.8. The average molecular weight is 394 g/mol. The maximum atomic E-state index is 6.07. The van der Waals surface area contributed by atoms with Crippen molar-refractivity contribution in [2.24, 2.45) is 10.7 Å². The molecule has 3 aromatic rings. The first-order valence-corrected chi connectivity index (χ1v) is 10.9. The Labute approximate surface area is 170 Å². The molecule has 0 aliphatic heterocycles. The van der Waals surface area contributed by atoms with Gasteiger partial charge in [-0.2, -0.15) is 0 Å². The number of rotatable bonds is 6. The first kappa shape index (κ1) is 18.9. The normalized spacial score (nSPS) is 16.2. The summed E-state index contributed by atoms with van der Waals surface area (Å²) in [5, 5.41) is 5.66. The molecule has 0 bridgehead atoms. The Balaban J connectivity index is 1.37. The van der Waals surface area contributed by atoms with E-state index in [1.807, 2.05) is 35.8 Å². The number of imidazole rings is 1. The Morgan fingerprint density at radius 1 is 1.14 bits per heavy atom. The minimum Gasteiger partial charge on any atom is -0.383 e. The largest absolute Gasteiger partial charge is 0.383 e. The lowest BCUT2D eigenvalue weighted by atomic mass is 10.1. The summed E-state index contributed by atoms with van der Waals surface area (Å²) in [6.45, 7) is 0.796. The number of thiophene rings is 1. The molecule has 0 radical (unpaired) electrons. The number of nitrogens with zero attached hydrogens (tertiary/aromatic N) is 2. The predicted molar refractivity (Wildman–Crippen MR) is 117 cm³/mol. The monoisotopic (exact) mass is 393 g/mol. The van der Waals surface area contributed by atoms with Crippen LogP contribution in [0.15, 0.2) is 53.0 Å². The van der Waals surface area contributed by atoms with Crippen LogP contribution in [0, 0.1) is 0 Å². The second-order valence-corrected chi connectivity index (χ2v) is 8.28. The Kier molecular flexibility index (Phi) is 6.19. The molecule has 0 spiro atoms. The molecule has 4 rings (SSSR count). The molecule has 2 aromatic heterocycles. The Hall–Kier alpha value is -2.44. The van der Waals surface area contributed by atoms with Gasteiger partial charge in [0.15, 0.2) is 0 Å². The molecule has 4 N–H and O–H groups in total. The second kappa shape index (κ2) is 9.17. The van der Waals surface area contributed by atoms with E-state index < -0.39 is 0 Å². The van der Waals surface area contributed by atoms with Crippen LogP contribution >= 0.6 is 11.3 Å². The molecular weight excluding hydrogens is 366 g/mol. The number of nitrogens with one attached hydrogen (secondary N) is 2. The topological polar surface area (TPSA) is 79.1 Å². The lowest BCUT2D eigenvalue weighted by molar-refractivity contribution is 0.453. The summed E-state index contributed by atoms with van der Waals surface area (Å²) in [7, 11) is 0. The summed E-state index contributed by atoms with van der Waals surface area (Å²) in [5.41, 5.74) is 9.04. The zero-order valence-electron chi connectivity index (χ0n) is 16.0. The first-order valence-electron chi connectivity index (χ1n) is 10.0. The van der Waals surface area contributed by atoms with Crippen molar-refractivity contribution in [2.45, 2.75) is 51.1 Å². The number of H-pyrrole nitrogens is 1. The van der Waals surface area contributed by atoms with E-state index in [0.717, 1.165) is 34.2 Å². The number of aromatic amines is 1. The highest BCUT2D eigenvalue weighted by atomic mass is 32.1. The maximum absolute atomic E-state index is 6.07. The van der Waals surface area contributed by atoms with Crippen LogP contribution in [-0.4, -0.2) is 21.8 Å². The molecule has 1 fully saturated rings. The highest BCUT2D eigenvalue weighted by Gasteiger charge is 2.12. The van der Waals surface area contributed by atoms with Gasteiger partial charge in [-0.15, -0.1) is 11.3 Å². The molecule has 146 valence electrons. The fraction of sp³-hybridized carbons (Fsp3) is 0.364. The van der Waals surface area contributed by atoms with Crippen molar-refractivity contribution in [2.75, 3.05) is 0 Å². The van der Waals surface area contributed by atoms with E-state index in [4.69, 9.17) is 5.73 Å². The lowest BCUT2D eigenvalue weighted by Crippen LogP contribution is -2.28. The molecule has 5 nitrogen and oxygen atoms in total. The molecule has 0 unspecified atom stereocenters. The van der Waals surface area contributed by atoms with Crippen LogP contribution in [0.1, 0.15) is 49.2 Å². The third kappa shape index (κ3) is 4.88. The molecule has 2 heterocycles. The van der Waals surface area contributed by atoms with E-state index >= 15 is 0 Å². The fourth-order valence-corrected chi connectivity index (χ4v) is 4.28. The van der Waals surface area contributed by atoms with Crippen molar-refractivity contribution in [3.05, 3.63) is 58.7 Å². The first-order chi connectivity index (χ1) is 13.8. The number of hydrogen-bond donors (Lipinski definition) is 3. The van der Waals surface area contributed by atoms with Crippen molar-refractivity contribution in [1.82, 2.24) is 15.3 Å². The van der Waals surface area contributed by atoms with Crippen LogP contribution in [0.5, 0.6) is 0 Å². The van der Waals surface area contributed by atoms with Crippen LogP contribution in [-0.2, 0) is 6.54 Å². The van der Waals surface area contributed by atoms with Crippen molar-refractivity contribution in [1.29, 1.82) is 0 Å². The van der Waals surface area contributed by atoms with Gasteiger partial charge < -0.3 is 16.0 Å². The molecule has 0 amide bonds. The highest BCUT2D eigenvalue weighted by molar-refractivity contribution is 7.12. The summed E-state index contributed by atoms with van der Waals surface area (Å²) < 4.78 is 0. The molecule has 1 aromatic carbocycles. The Bertz CT molecular complexity index is 887. The fourth-order valence-electron chi connectivity index (χ4n) is 3.66. The molecular formula is C22H27N5S. The third-order valence-electron chi connectivity index (χ3n) is 5.24. The minimum atomic E-state index is 0.552. The van der Waals surface area contributed by atoms with Gasteiger partial charge in [-0.3, -0.25) is 0 Å². The van der Waals surface area contributed by atoms with Gasteiger partial charge >= 0.3 is 0 Å². The lowest BCUT2D eigenvalue weighted by Gasteiger charge is -2.14. The Morgan fingerprint density at radius 2 is 1.93 bits per heavy atom. The van der Waals surface area contributed by atoms with Gasteiger partial charge in [0.1, 0.15) is 11.7 Å². The van der Waals surface area contributed by atoms with Gasteiger partial charge in [0.05, 0.1) is 29.0 Å². The zero-order chi connectivity index (χ0) is 19.2. The smallest absolute Gasteiger partial charge is 0.141 e. The van der Waals surface area contributed by atoms with Crippen molar-refractivity contribution < 1.29 is 0 Å². The van der Waals surface area contributed by atoms with Crippen molar-refractivity contribution in [3.8, 4) is 11.3 Å². The molecule has 1 aliphatic carbocycles. The van der Waals surface area contributed by atoms with Gasteiger partial charge in [-0.1, -0.05) is 43.9 Å². The third-order valence-corrected chi connectivity index (χ3v) is 6.14. The van der Waals surface area contributed by atoms with Crippen LogP contribution < -0.4 is 11.1 Å². The summed E-state index contributed by atoms with van der Waals surface area (Å²) in [5.74, 6) is 1.54. The van der Waals surface area contributed by atoms with E-state index in [0.29, 0.717) is 11.9 Å². The second-order valence-electron chi connectivity index (χ2n) is 7.33. The van der Waals surface area contributed by atoms with E-state index in [1.165, 1.54) is 38.5 Å². The minimum absolute atomic E-state index is 0.552. The van der Waals surface area contributed by atoms with Crippen LogP contribution in [0.3, 0.4) is 0 Å². The maximum Gasteiger partial charge on any atom is 0.141 e. The summed E-state index contributed by atoms with van der Waals surface area (Å²) >= 11 is 1.59. The molecule has 1 aliphatic rings. The van der Waals surface area contributed by atoms with Gasteiger partial charge in [-0.25, -0.2) is 9.98 Å². The number of amidine groups is 1. The van der Waals surface area contributed by atoms with Crippen molar-refractivity contribution >= 4 is 22.9 Å². The standard InChI is InChI=1S/C22H27N5S/c23-22(20-8-5-13-28-20)26-18-11-9-16(10-12-18)19-14-25-21(27-19)15-24-17-6-3-1-2-4-7-17/h5,8-14,17,24H,1-4,6-7,15H2,(H2,23,26)(H,25,27). The van der Waals surface area contributed by atoms with Crippen LogP contribution in [0.4, 0.5) is 5.69 Å². The number of hydrogen-bond acceptors (Lipinski definition) is 4. The quantitative estimate of drug-likeness (QED) is 0.314. The number of nitrogens with two attached hydrogens (primary N) is 1. The Morgan fingerprint density at radius 3 is 2.64 bits per heavy atom. The average Bonchev–Trinajstić information content (AvgIpc) is 3.35. The van der Waals surface area contributed by atoms with Crippen molar-refractivity contribution in [3.63, 3.8) is 0 Å².